The molecule has 0 unspecified atom stereocenters. The van der Waals surface area contributed by atoms with Crippen LogP contribution in [0.15, 0.2) is 29.2 Å². The zero-order valence-electron chi connectivity index (χ0n) is 17.4. The number of carbonyl (C=O) groups excluding carboxylic acids is 2. The Bertz CT molecular complexity index is 981. The Kier molecular flexibility index (Phi) is 6.68. The summed E-state index contributed by atoms with van der Waals surface area (Å²) < 4.78 is 0. The summed E-state index contributed by atoms with van der Waals surface area (Å²) in [5.74, 6) is -0.194. The predicted octanol–water partition coefficient (Wildman–Crippen LogP) is 0.511. The average Bonchev–Trinajstić information content (AvgIpc) is 2.76. The van der Waals surface area contributed by atoms with Crippen molar-refractivity contribution in [3.63, 3.8) is 0 Å². The van der Waals surface area contributed by atoms with Crippen LogP contribution in [0.3, 0.4) is 0 Å². The fourth-order valence-corrected chi connectivity index (χ4v) is 3.45. The van der Waals surface area contributed by atoms with Crippen LogP contribution in [0.4, 0.5) is 16.2 Å². The molecule has 4 N–H and O–H groups in total. The summed E-state index contributed by atoms with van der Waals surface area (Å²) >= 11 is 0. The Labute approximate surface area is 174 Å². The quantitative estimate of drug-likeness (QED) is 0.567. The molecule has 30 heavy (non-hydrogen) atoms. The lowest BCUT2D eigenvalue weighted by Gasteiger charge is -2.36. The number of nitrogens with one attached hydrogen (secondary N) is 4. The first-order chi connectivity index (χ1) is 14.4. The van der Waals surface area contributed by atoms with Crippen molar-refractivity contribution in [2.45, 2.75) is 13.5 Å². The Morgan fingerprint density at radius 2 is 1.87 bits per heavy atom. The van der Waals surface area contributed by atoms with Crippen LogP contribution in [0.25, 0.3) is 0 Å². The normalized spacial score (nSPS) is 14.3. The number of anilines is 2. The van der Waals surface area contributed by atoms with Crippen LogP contribution in [0.1, 0.15) is 21.7 Å². The van der Waals surface area contributed by atoms with Gasteiger partial charge < -0.3 is 25.8 Å². The number of amides is 3. The van der Waals surface area contributed by atoms with Crippen LogP contribution >= 0.6 is 0 Å². The highest BCUT2D eigenvalue weighted by molar-refractivity contribution is 5.92. The molecule has 0 atom stereocenters. The van der Waals surface area contributed by atoms with Gasteiger partial charge in [0.05, 0.1) is 11.4 Å². The van der Waals surface area contributed by atoms with Crippen molar-refractivity contribution in [1.82, 2.24) is 25.5 Å². The van der Waals surface area contributed by atoms with Gasteiger partial charge in [0.25, 0.3) is 11.5 Å². The molecule has 0 aliphatic carbocycles. The summed E-state index contributed by atoms with van der Waals surface area (Å²) in [5, 5.41) is 7.55. The summed E-state index contributed by atoms with van der Waals surface area (Å²) in [4.78, 5) is 46.8. The SMILES string of the molecule is CNC(=O)Nc1cc(CN2CCN(c3ccc(C(=O)NC)nc3C)CC2)c[nH]c1=O. The Morgan fingerprint density at radius 1 is 1.13 bits per heavy atom. The van der Waals surface area contributed by atoms with E-state index < -0.39 is 6.03 Å². The summed E-state index contributed by atoms with van der Waals surface area (Å²) in [6, 6.07) is 4.96. The first kappa shape index (κ1) is 21.3. The number of hydrogen-bond acceptors (Lipinski definition) is 6. The molecule has 3 heterocycles. The van der Waals surface area contributed by atoms with Crippen molar-refractivity contribution in [1.29, 1.82) is 0 Å². The van der Waals surface area contributed by atoms with Crippen LogP contribution in [0, 0.1) is 6.92 Å². The smallest absolute Gasteiger partial charge is 0.319 e. The number of aromatic nitrogens is 2. The van der Waals surface area contributed by atoms with Crippen molar-refractivity contribution < 1.29 is 9.59 Å². The maximum Gasteiger partial charge on any atom is 0.319 e. The molecule has 10 heteroatoms. The van der Waals surface area contributed by atoms with E-state index in [0.717, 1.165) is 43.1 Å². The highest BCUT2D eigenvalue weighted by Crippen LogP contribution is 2.21. The van der Waals surface area contributed by atoms with E-state index in [0.29, 0.717) is 12.2 Å². The molecule has 1 aliphatic rings. The largest absolute Gasteiger partial charge is 0.368 e. The lowest BCUT2D eigenvalue weighted by molar-refractivity contribution is 0.0958. The third-order valence-electron chi connectivity index (χ3n) is 5.08. The number of carbonyl (C=O) groups is 2. The summed E-state index contributed by atoms with van der Waals surface area (Å²) in [7, 11) is 3.09. The van der Waals surface area contributed by atoms with Crippen LogP contribution in [0.5, 0.6) is 0 Å². The van der Waals surface area contributed by atoms with Crippen molar-refractivity contribution in [3.05, 3.63) is 51.7 Å². The summed E-state index contributed by atoms with van der Waals surface area (Å²) in [6.07, 6.45) is 1.68. The van der Waals surface area contributed by atoms with E-state index >= 15 is 0 Å². The molecule has 0 saturated carbocycles. The third-order valence-corrected chi connectivity index (χ3v) is 5.08. The fraction of sp³-hybridized carbons (Fsp3) is 0.400. The zero-order valence-corrected chi connectivity index (χ0v) is 17.4. The average molecular weight is 413 g/mol. The number of piperazine rings is 1. The van der Waals surface area contributed by atoms with Crippen molar-refractivity contribution >= 4 is 23.3 Å². The van der Waals surface area contributed by atoms with Gasteiger partial charge in [0, 0.05) is 53.0 Å². The number of H-pyrrole nitrogens is 1. The minimum Gasteiger partial charge on any atom is -0.368 e. The number of pyridine rings is 2. The van der Waals surface area contributed by atoms with E-state index in [1.807, 2.05) is 13.0 Å². The number of nitrogens with zero attached hydrogens (tertiary/aromatic N) is 3. The van der Waals surface area contributed by atoms with Crippen molar-refractivity contribution in [2.75, 3.05) is 50.5 Å². The minimum atomic E-state index is -0.433. The fourth-order valence-electron chi connectivity index (χ4n) is 3.45. The standard InChI is InChI=1S/C20H27N7O3/c1-13-17(5-4-15(24-13)18(28)21-2)27-8-6-26(7-9-27)12-14-10-16(19(29)23-11-14)25-20(30)22-3/h4-5,10-11H,6-9,12H2,1-3H3,(H,21,28)(H,23,29)(H2,22,25,30). The van der Waals surface area contributed by atoms with E-state index in [1.54, 1.807) is 25.4 Å². The Balaban J connectivity index is 1.61. The molecule has 1 aliphatic heterocycles. The van der Waals surface area contributed by atoms with E-state index in [2.05, 4.69) is 35.7 Å². The second-order valence-corrected chi connectivity index (χ2v) is 7.10. The molecule has 2 aromatic heterocycles. The van der Waals surface area contributed by atoms with Crippen LogP contribution in [-0.2, 0) is 6.54 Å². The van der Waals surface area contributed by atoms with Gasteiger partial charge in [0.1, 0.15) is 11.4 Å². The minimum absolute atomic E-state index is 0.194. The molecule has 10 nitrogen and oxygen atoms in total. The third kappa shape index (κ3) is 4.95. The van der Waals surface area contributed by atoms with E-state index in [4.69, 9.17) is 0 Å². The molecule has 0 aromatic carbocycles. The van der Waals surface area contributed by atoms with Gasteiger partial charge in [-0.05, 0) is 30.7 Å². The number of rotatable bonds is 5. The van der Waals surface area contributed by atoms with Crippen molar-refractivity contribution in [3.8, 4) is 0 Å². The molecule has 0 spiro atoms. The number of urea groups is 1. The molecule has 160 valence electrons. The van der Waals surface area contributed by atoms with Crippen LogP contribution in [-0.4, -0.2) is 67.1 Å². The van der Waals surface area contributed by atoms with Gasteiger partial charge in [-0.1, -0.05) is 0 Å². The second kappa shape index (κ2) is 9.40. The van der Waals surface area contributed by atoms with Crippen LogP contribution in [0.2, 0.25) is 0 Å². The molecule has 3 amide bonds. The van der Waals surface area contributed by atoms with E-state index in [1.165, 1.54) is 7.05 Å². The van der Waals surface area contributed by atoms with Gasteiger partial charge in [-0.15, -0.1) is 0 Å². The molecule has 3 rings (SSSR count). The highest BCUT2D eigenvalue weighted by atomic mass is 16.2. The Hall–Kier alpha value is -3.40. The van der Waals surface area contributed by atoms with Gasteiger partial charge >= 0.3 is 6.03 Å². The summed E-state index contributed by atoms with van der Waals surface area (Å²) in [6.45, 7) is 5.92. The van der Waals surface area contributed by atoms with Crippen LogP contribution < -0.4 is 26.4 Å². The van der Waals surface area contributed by atoms with Gasteiger partial charge in [-0.2, -0.15) is 0 Å². The molecule has 2 aromatic rings. The second-order valence-electron chi connectivity index (χ2n) is 7.10. The van der Waals surface area contributed by atoms with E-state index in [9.17, 15) is 14.4 Å². The van der Waals surface area contributed by atoms with Crippen molar-refractivity contribution in [2.24, 2.45) is 0 Å². The first-order valence-electron chi connectivity index (χ1n) is 9.78. The zero-order chi connectivity index (χ0) is 21.7. The molecule has 1 saturated heterocycles. The van der Waals surface area contributed by atoms with Gasteiger partial charge in [0.15, 0.2) is 0 Å². The number of hydrogen-bond donors (Lipinski definition) is 4. The molecular weight excluding hydrogens is 386 g/mol. The predicted molar refractivity (Wildman–Crippen MR) is 115 cm³/mol. The van der Waals surface area contributed by atoms with Gasteiger partial charge in [-0.25, -0.2) is 9.78 Å². The molecule has 1 fully saturated rings. The lowest BCUT2D eigenvalue weighted by atomic mass is 10.2. The monoisotopic (exact) mass is 413 g/mol. The molecule has 0 radical (unpaired) electrons. The van der Waals surface area contributed by atoms with Gasteiger partial charge in [-0.3, -0.25) is 14.5 Å². The molecular formula is C20H27N7O3. The molecule has 0 bridgehead atoms. The first-order valence-corrected chi connectivity index (χ1v) is 9.78. The Morgan fingerprint density at radius 3 is 2.50 bits per heavy atom. The van der Waals surface area contributed by atoms with Gasteiger partial charge in [0.2, 0.25) is 0 Å². The topological polar surface area (TPSA) is 122 Å². The van der Waals surface area contributed by atoms with E-state index in [-0.39, 0.29) is 17.2 Å². The lowest BCUT2D eigenvalue weighted by Crippen LogP contribution is -2.46. The maximum atomic E-state index is 11.9. The maximum absolute atomic E-state index is 11.9. The highest BCUT2D eigenvalue weighted by Gasteiger charge is 2.20. The number of aryl methyl sites for hydroxylation is 1. The summed E-state index contributed by atoms with van der Waals surface area (Å²) in [5.41, 5.74) is 3.08. The number of aromatic amines is 1.